The van der Waals surface area contributed by atoms with E-state index in [0.29, 0.717) is 6.10 Å². The second-order valence-corrected chi connectivity index (χ2v) is 4.87. The van der Waals surface area contributed by atoms with Gasteiger partial charge in [0.15, 0.2) is 0 Å². The highest BCUT2D eigenvalue weighted by Crippen LogP contribution is 2.24. The number of ether oxygens (including phenoxy) is 1. The van der Waals surface area contributed by atoms with Crippen molar-refractivity contribution >= 4 is 0 Å². The number of benzene rings is 1. The summed E-state index contributed by atoms with van der Waals surface area (Å²) in [5.41, 5.74) is 8.99. The Kier molecular flexibility index (Phi) is 4.57. The first-order chi connectivity index (χ1) is 8.31. The minimum atomic E-state index is 0.162. The monoisotopic (exact) mass is 233 g/mol. The van der Waals surface area contributed by atoms with Gasteiger partial charge in [-0.15, -0.1) is 0 Å². The van der Waals surface area contributed by atoms with Crippen LogP contribution in [0, 0.1) is 0 Å². The van der Waals surface area contributed by atoms with E-state index in [4.69, 9.17) is 10.5 Å². The molecular weight excluding hydrogens is 210 g/mol. The molecule has 0 amide bonds. The Bertz CT molecular complexity index is 345. The van der Waals surface area contributed by atoms with Crippen LogP contribution in [0.2, 0.25) is 0 Å². The normalized spacial score (nSPS) is 21.6. The van der Waals surface area contributed by atoms with Crippen molar-refractivity contribution in [2.75, 3.05) is 6.61 Å². The molecule has 1 aromatic rings. The Morgan fingerprint density at radius 3 is 2.94 bits per heavy atom. The van der Waals surface area contributed by atoms with Crippen LogP contribution < -0.4 is 5.73 Å². The molecule has 1 heterocycles. The lowest BCUT2D eigenvalue weighted by molar-refractivity contribution is 0.101. The van der Waals surface area contributed by atoms with E-state index >= 15 is 0 Å². The van der Waals surface area contributed by atoms with Crippen molar-refractivity contribution in [3.63, 3.8) is 0 Å². The second-order valence-electron chi connectivity index (χ2n) is 4.87. The predicted octanol–water partition coefficient (Wildman–Crippen LogP) is 3.21. The molecule has 1 aliphatic heterocycles. The van der Waals surface area contributed by atoms with E-state index in [9.17, 15) is 0 Å². The highest BCUT2D eigenvalue weighted by atomic mass is 16.5. The van der Waals surface area contributed by atoms with E-state index in [1.807, 2.05) is 0 Å². The number of aryl methyl sites for hydroxylation is 1. The summed E-state index contributed by atoms with van der Waals surface area (Å²) < 4.78 is 5.64. The molecule has 2 heteroatoms. The third-order valence-electron chi connectivity index (χ3n) is 3.66. The fourth-order valence-electron chi connectivity index (χ4n) is 2.61. The highest BCUT2D eigenvalue weighted by Gasteiger charge is 2.17. The van der Waals surface area contributed by atoms with Crippen LogP contribution in [0.4, 0.5) is 0 Å². The first-order valence-corrected chi connectivity index (χ1v) is 6.76. The Morgan fingerprint density at radius 1 is 1.41 bits per heavy atom. The Hall–Kier alpha value is -0.860. The molecule has 2 rings (SSSR count). The summed E-state index contributed by atoms with van der Waals surface area (Å²) in [6, 6.07) is 8.69. The maximum absolute atomic E-state index is 6.29. The molecule has 2 unspecified atom stereocenters. The Labute approximate surface area is 104 Å². The van der Waals surface area contributed by atoms with Crippen molar-refractivity contribution in [2.24, 2.45) is 5.73 Å². The van der Waals surface area contributed by atoms with Crippen molar-refractivity contribution in [2.45, 2.75) is 51.2 Å². The zero-order valence-corrected chi connectivity index (χ0v) is 10.7. The van der Waals surface area contributed by atoms with Gasteiger partial charge in [-0.05, 0) is 43.2 Å². The molecule has 0 aliphatic carbocycles. The smallest absolute Gasteiger partial charge is 0.0576 e. The van der Waals surface area contributed by atoms with Gasteiger partial charge in [0.05, 0.1) is 6.10 Å². The van der Waals surface area contributed by atoms with Crippen molar-refractivity contribution < 1.29 is 4.74 Å². The fourth-order valence-corrected chi connectivity index (χ4v) is 2.61. The third kappa shape index (κ3) is 3.30. The molecule has 2 N–H and O–H groups in total. The van der Waals surface area contributed by atoms with Gasteiger partial charge >= 0.3 is 0 Å². The molecule has 0 bridgehead atoms. The molecule has 1 aliphatic rings. The summed E-state index contributed by atoms with van der Waals surface area (Å²) in [6.07, 6.45) is 6.06. The van der Waals surface area contributed by atoms with Crippen molar-refractivity contribution in [1.82, 2.24) is 0 Å². The van der Waals surface area contributed by atoms with Gasteiger partial charge < -0.3 is 10.5 Å². The largest absolute Gasteiger partial charge is 0.378 e. The summed E-state index contributed by atoms with van der Waals surface area (Å²) in [4.78, 5) is 0. The lowest BCUT2D eigenvalue weighted by Gasteiger charge is -2.17. The van der Waals surface area contributed by atoms with Crippen LogP contribution in [0.5, 0.6) is 0 Å². The van der Waals surface area contributed by atoms with E-state index in [-0.39, 0.29) is 6.04 Å². The molecule has 0 radical (unpaired) electrons. The van der Waals surface area contributed by atoms with Gasteiger partial charge in [0, 0.05) is 12.6 Å². The summed E-state index contributed by atoms with van der Waals surface area (Å²) in [6.45, 7) is 3.12. The van der Waals surface area contributed by atoms with Crippen LogP contribution in [0.15, 0.2) is 24.3 Å². The summed E-state index contributed by atoms with van der Waals surface area (Å²) in [5, 5.41) is 0. The Balaban J connectivity index is 1.91. The van der Waals surface area contributed by atoms with Gasteiger partial charge in [-0.2, -0.15) is 0 Å². The van der Waals surface area contributed by atoms with E-state index < -0.39 is 0 Å². The van der Waals surface area contributed by atoms with Gasteiger partial charge in [0.2, 0.25) is 0 Å². The van der Waals surface area contributed by atoms with E-state index in [2.05, 4.69) is 31.2 Å². The minimum absolute atomic E-state index is 0.162. The van der Waals surface area contributed by atoms with E-state index in [0.717, 1.165) is 25.9 Å². The van der Waals surface area contributed by atoms with Gasteiger partial charge in [-0.25, -0.2) is 0 Å². The number of nitrogens with two attached hydrogens (primary N) is 1. The van der Waals surface area contributed by atoms with Crippen molar-refractivity contribution in [3.8, 4) is 0 Å². The van der Waals surface area contributed by atoms with Gasteiger partial charge in [0.25, 0.3) is 0 Å². The summed E-state index contributed by atoms with van der Waals surface area (Å²) in [7, 11) is 0. The zero-order valence-electron chi connectivity index (χ0n) is 10.7. The maximum atomic E-state index is 6.29. The van der Waals surface area contributed by atoms with E-state index in [1.54, 1.807) is 0 Å². The van der Waals surface area contributed by atoms with Crippen LogP contribution in [0.25, 0.3) is 0 Å². The van der Waals surface area contributed by atoms with Crippen LogP contribution in [-0.4, -0.2) is 12.7 Å². The summed E-state index contributed by atoms with van der Waals surface area (Å²) >= 11 is 0. The van der Waals surface area contributed by atoms with Crippen molar-refractivity contribution in [3.05, 3.63) is 35.4 Å². The average molecular weight is 233 g/mol. The molecular formula is C15H23NO. The maximum Gasteiger partial charge on any atom is 0.0576 e. The second kappa shape index (κ2) is 6.18. The zero-order chi connectivity index (χ0) is 12.1. The molecule has 0 saturated carbocycles. The van der Waals surface area contributed by atoms with Crippen LogP contribution in [-0.2, 0) is 11.2 Å². The van der Waals surface area contributed by atoms with Gasteiger partial charge in [-0.1, -0.05) is 31.2 Å². The van der Waals surface area contributed by atoms with Crippen LogP contribution >= 0.6 is 0 Å². The molecule has 1 aromatic carbocycles. The van der Waals surface area contributed by atoms with Crippen molar-refractivity contribution in [1.29, 1.82) is 0 Å². The third-order valence-corrected chi connectivity index (χ3v) is 3.66. The van der Waals surface area contributed by atoms with Crippen LogP contribution in [0.3, 0.4) is 0 Å². The SMILES string of the molecule is CCc1ccccc1C(N)CCC1CCCO1. The molecule has 1 saturated heterocycles. The number of rotatable bonds is 5. The highest BCUT2D eigenvalue weighted by molar-refractivity contribution is 5.29. The number of hydrogen-bond donors (Lipinski definition) is 1. The van der Waals surface area contributed by atoms with E-state index in [1.165, 1.54) is 24.0 Å². The molecule has 0 aromatic heterocycles. The first-order valence-electron chi connectivity index (χ1n) is 6.76. The summed E-state index contributed by atoms with van der Waals surface area (Å²) in [5.74, 6) is 0. The van der Waals surface area contributed by atoms with Gasteiger partial charge in [0.1, 0.15) is 0 Å². The van der Waals surface area contributed by atoms with Crippen LogP contribution in [0.1, 0.15) is 49.8 Å². The minimum Gasteiger partial charge on any atom is -0.378 e. The lowest BCUT2D eigenvalue weighted by Crippen LogP contribution is -2.15. The van der Waals surface area contributed by atoms with Gasteiger partial charge in [-0.3, -0.25) is 0 Å². The molecule has 0 spiro atoms. The molecule has 2 atom stereocenters. The number of hydrogen-bond acceptors (Lipinski definition) is 2. The Morgan fingerprint density at radius 2 is 2.24 bits per heavy atom. The predicted molar refractivity (Wildman–Crippen MR) is 71.0 cm³/mol. The quantitative estimate of drug-likeness (QED) is 0.847. The molecule has 2 nitrogen and oxygen atoms in total. The first kappa shape index (κ1) is 12.6. The molecule has 17 heavy (non-hydrogen) atoms. The lowest BCUT2D eigenvalue weighted by atomic mass is 9.95. The average Bonchev–Trinajstić information content (AvgIpc) is 2.89. The topological polar surface area (TPSA) is 35.2 Å². The standard InChI is InChI=1S/C15H23NO/c1-2-12-6-3-4-8-14(12)15(16)10-9-13-7-5-11-17-13/h3-4,6,8,13,15H,2,5,7,9-11,16H2,1H3. The molecule has 94 valence electrons. The fraction of sp³-hybridized carbons (Fsp3) is 0.600. The molecule has 1 fully saturated rings.